The Bertz CT molecular complexity index is 399. The first-order valence-corrected chi connectivity index (χ1v) is 7.06. The second-order valence-electron chi connectivity index (χ2n) is 5.30. The minimum atomic E-state index is -0.432. The number of hydrogen-bond donors (Lipinski definition) is 2. The molecule has 0 saturated heterocycles. The van der Waals surface area contributed by atoms with Crippen molar-refractivity contribution in [2.75, 3.05) is 6.54 Å². The van der Waals surface area contributed by atoms with Crippen molar-refractivity contribution in [2.45, 2.75) is 46.6 Å². The number of benzene rings is 1. The molecular formula is C16H26N2O. The molecule has 0 radical (unpaired) electrons. The maximum Gasteiger partial charge on any atom is 0.227 e. The fourth-order valence-corrected chi connectivity index (χ4v) is 2.24. The van der Waals surface area contributed by atoms with Crippen molar-refractivity contribution in [3.8, 4) is 0 Å². The van der Waals surface area contributed by atoms with E-state index < -0.39 is 5.41 Å². The Morgan fingerprint density at radius 3 is 2.21 bits per heavy atom. The lowest BCUT2D eigenvalue weighted by Gasteiger charge is -2.30. The number of nitrogens with one attached hydrogen (secondary N) is 1. The molecule has 0 aliphatic heterocycles. The molecule has 1 aromatic rings. The molecule has 0 bridgehead atoms. The third-order valence-electron chi connectivity index (χ3n) is 4.15. The first-order chi connectivity index (χ1) is 8.99. The molecule has 1 aromatic carbocycles. The number of carbonyl (C=O) groups excluding carboxylic acids is 1. The normalized spacial score (nSPS) is 13.1. The molecule has 3 N–H and O–H groups in total. The molecule has 0 saturated carbocycles. The van der Waals surface area contributed by atoms with Gasteiger partial charge in [0, 0.05) is 6.54 Å². The summed E-state index contributed by atoms with van der Waals surface area (Å²) >= 11 is 0. The summed E-state index contributed by atoms with van der Waals surface area (Å²) in [6.45, 7) is 8.50. The Labute approximate surface area is 116 Å². The van der Waals surface area contributed by atoms with Crippen molar-refractivity contribution in [1.82, 2.24) is 5.32 Å². The second-order valence-corrected chi connectivity index (χ2v) is 5.30. The van der Waals surface area contributed by atoms with Crippen molar-refractivity contribution in [2.24, 2.45) is 11.1 Å². The van der Waals surface area contributed by atoms with Crippen molar-refractivity contribution in [3.05, 3.63) is 35.4 Å². The van der Waals surface area contributed by atoms with Gasteiger partial charge in [0.05, 0.1) is 11.5 Å². The predicted molar refractivity (Wildman–Crippen MR) is 79.8 cm³/mol. The lowest BCUT2D eigenvalue weighted by molar-refractivity contribution is -0.131. The molecule has 106 valence electrons. The summed E-state index contributed by atoms with van der Waals surface area (Å²) in [5.74, 6) is 0.0630. The van der Waals surface area contributed by atoms with Crippen molar-refractivity contribution in [1.29, 1.82) is 0 Å². The maximum absolute atomic E-state index is 12.4. The van der Waals surface area contributed by atoms with Crippen LogP contribution in [0.4, 0.5) is 0 Å². The van der Waals surface area contributed by atoms with Crippen molar-refractivity contribution < 1.29 is 4.79 Å². The third kappa shape index (κ3) is 3.57. The molecule has 1 amide bonds. The number of hydrogen-bond acceptors (Lipinski definition) is 2. The van der Waals surface area contributed by atoms with Crippen LogP contribution in [0, 0.1) is 12.3 Å². The number of nitrogens with two attached hydrogens (primary N) is 1. The highest BCUT2D eigenvalue weighted by molar-refractivity contribution is 5.83. The van der Waals surface area contributed by atoms with E-state index >= 15 is 0 Å². The number of amides is 1. The fraction of sp³-hybridized carbons (Fsp3) is 0.562. The molecule has 0 aliphatic rings. The minimum Gasteiger partial charge on any atom is -0.349 e. The molecule has 0 heterocycles. The van der Waals surface area contributed by atoms with Gasteiger partial charge in [0.15, 0.2) is 0 Å². The van der Waals surface area contributed by atoms with Crippen LogP contribution in [-0.2, 0) is 4.79 Å². The van der Waals surface area contributed by atoms with Crippen LogP contribution in [0.15, 0.2) is 24.3 Å². The molecule has 1 rings (SSSR count). The van der Waals surface area contributed by atoms with Gasteiger partial charge in [-0.2, -0.15) is 0 Å². The van der Waals surface area contributed by atoms with E-state index in [0.29, 0.717) is 6.54 Å². The first kappa shape index (κ1) is 15.7. The zero-order valence-electron chi connectivity index (χ0n) is 12.5. The van der Waals surface area contributed by atoms with Crippen LogP contribution in [0.1, 0.15) is 50.8 Å². The minimum absolute atomic E-state index is 0.0112. The van der Waals surface area contributed by atoms with Gasteiger partial charge < -0.3 is 11.1 Å². The van der Waals surface area contributed by atoms with E-state index in [2.05, 4.69) is 36.5 Å². The molecule has 0 unspecified atom stereocenters. The highest BCUT2D eigenvalue weighted by atomic mass is 16.2. The van der Waals surface area contributed by atoms with Gasteiger partial charge in [-0.25, -0.2) is 0 Å². The standard InChI is InChI=1S/C16H26N2O/c1-5-16(6-2,11-17)15(19)18-13(4)14-9-7-12(3)8-10-14/h7-10,13H,5-6,11,17H2,1-4H3,(H,18,19)/t13-/m0/s1. The van der Waals surface area contributed by atoms with Crippen LogP contribution in [0.2, 0.25) is 0 Å². The molecule has 0 aromatic heterocycles. The van der Waals surface area contributed by atoms with Crippen LogP contribution >= 0.6 is 0 Å². The average molecular weight is 262 g/mol. The molecule has 1 atom stereocenters. The van der Waals surface area contributed by atoms with E-state index in [1.165, 1.54) is 5.56 Å². The SMILES string of the molecule is CCC(CC)(CN)C(=O)N[C@@H](C)c1ccc(C)cc1. The van der Waals surface area contributed by atoms with Gasteiger partial charge in [-0.15, -0.1) is 0 Å². The van der Waals surface area contributed by atoms with Gasteiger partial charge >= 0.3 is 0 Å². The summed E-state index contributed by atoms with van der Waals surface area (Å²) in [5, 5.41) is 3.09. The Hall–Kier alpha value is -1.35. The van der Waals surface area contributed by atoms with Gasteiger partial charge in [-0.05, 0) is 32.3 Å². The van der Waals surface area contributed by atoms with Gasteiger partial charge in [0.1, 0.15) is 0 Å². The highest BCUT2D eigenvalue weighted by Crippen LogP contribution is 2.26. The number of carbonyl (C=O) groups is 1. The van der Waals surface area contributed by atoms with Crippen LogP contribution in [0.25, 0.3) is 0 Å². The van der Waals surface area contributed by atoms with Crippen LogP contribution in [0.5, 0.6) is 0 Å². The number of rotatable bonds is 6. The number of aryl methyl sites for hydroxylation is 1. The van der Waals surface area contributed by atoms with Crippen molar-refractivity contribution >= 4 is 5.91 Å². The molecule has 0 aliphatic carbocycles. The summed E-state index contributed by atoms with van der Waals surface area (Å²) in [6.07, 6.45) is 1.54. The van der Waals surface area contributed by atoms with E-state index in [0.717, 1.165) is 18.4 Å². The van der Waals surface area contributed by atoms with Crippen molar-refractivity contribution in [3.63, 3.8) is 0 Å². The Morgan fingerprint density at radius 1 is 1.26 bits per heavy atom. The second kappa shape index (κ2) is 6.71. The Balaban J connectivity index is 2.78. The summed E-state index contributed by atoms with van der Waals surface area (Å²) in [5.41, 5.74) is 7.72. The Morgan fingerprint density at radius 2 is 1.79 bits per heavy atom. The quantitative estimate of drug-likeness (QED) is 0.828. The van der Waals surface area contributed by atoms with Gasteiger partial charge in [0.25, 0.3) is 0 Å². The van der Waals surface area contributed by atoms with Crippen LogP contribution in [-0.4, -0.2) is 12.5 Å². The zero-order valence-corrected chi connectivity index (χ0v) is 12.5. The predicted octanol–water partition coefficient (Wildman–Crippen LogP) is 2.94. The van der Waals surface area contributed by atoms with E-state index in [9.17, 15) is 4.79 Å². The van der Waals surface area contributed by atoms with Crippen LogP contribution in [0.3, 0.4) is 0 Å². The van der Waals surface area contributed by atoms with Gasteiger partial charge in [0.2, 0.25) is 5.91 Å². The molecule has 0 spiro atoms. The van der Waals surface area contributed by atoms with Gasteiger partial charge in [-0.3, -0.25) is 4.79 Å². The lowest BCUT2D eigenvalue weighted by Crippen LogP contribution is -2.46. The summed E-state index contributed by atoms with van der Waals surface area (Å²) in [7, 11) is 0. The molecule has 19 heavy (non-hydrogen) atoms. The topological polar surface area (TPSA) is 55.1 Å². The smallest absolute Gasteiger partial charge is 0.227 e. The van der Waals surface area contributed by atoms with E-state index in [4.69, 9.17) is 5.73 Å². The third-order valence-corrected chi connectivity index (χ3v) is 4.15. The summed E-state index contributed by atoms with van der Waals surface area (Å²) in [6, 6.07) is 8.25. The van der Waals surface area contributed by atoms with E-state index in [1.807, 2.05) is 20.8 Å². The molecule has 3 heteroatoms. The molecule has 0 fully saturated rings. The first-order valence-electron chi connectivity index (χ1n) is 7.06. The van der Waals surface area contributed by atoms with Crippen LogP contribution < -0.4 is 11.1 Å². The summed E-state index contributed by atoms with van der Waals surface area (Å²) in [4.78, 5) is 12.4. The van der Waals surface area contributed by atoms with E-state index in [1.54, 1.807) is 0 Å². The van der Waals surface area contributed by atoms with E-state index in [-0.39, 0.29) is 11.9 Å². The fourth-order valence-electron chi connectivity index (χ4n) is 2.24. The Kier molecular flexibility index (Phi) is 5.55. The molecular weight excluding hydrogens is 236 g/mol. The molecule has 3 nitrogen and oxygen atoms in total. The highest BCUT2D eigenvalue weighted by Gasteiger charge is 2.33. The summed E-state index contributed by atoms with van der Waals surface area (Å²) < 4.78 is 0. The monoisotopic (exact) mass is 262 g/mol. The zero-order chi connectivity index (χ0) is 14.5. The van der Waals surface area contributed by atoms with Gasteiger partial charge in [-0.1, -0.05) is 43.7 Å². The maximum atomic E-state index is 12.4. The lowest BCUT2D eigenvalue weighted by atomic mass is 9.81. The average Bonchev–Trinajstić information content (AvgIpc) is 2.42. The largest absolute Gasteiger partial charge is 0.349 e.